The van der Waals surface area contributed by atoms with Crippen molar-refractivity contribution in [3.63, 3.8) is 0 Å². The van der Waals surface area contributed by atoms with Gasteiger partial charge < -0.3 is 4.74 Å². The zero-order valence-corrected chi connectivity index (χ0v) is 9.96. The molecule has 0 aliphatic rings. The maximum absolute atomic E-state index is 13.2. The quantitative estimate of drug-likeness (QED) is 0.597. The molecular weight excluding hydrogens is 207 g/mol. The van der Waals surface area contributed by atoms with Gasteiger partial charge in [0.1, 0.15) is 5.82 Å². The first kappa shape index (κ1) is 13.1. The number of rotatable bonds is 5. The molecule has 0 radical (unpaired) electrons. The molecule has 4 heteroatoms. The van der Waals surface area contributed by atoms with Gasteiger partial charge in [0.05, 0.1) is 12.1 Å². The summed E-state index contributed by atoms with van der Waals surface area (Å²) in [6.45, 7) is 3.94. The monoisotopic (exact) mass is 226 g/mol. The number of halogens is 1. The average Bonchev–Trinajstić information content (AvgIpc) is 2.29. The molecule has 0 heterocycles. The number of nitrogens with two attached hydrogens (primary N) is 1. The second kappa shape index (κ2) is 5.94. The van der Waals surface area contributed by atoms with Crippen molar-refractivity contribution >= 4 is 0 Å². The minimum Gasteiger partial charge on any atom is -0.379 e. The molecule has 3 nitrogen and oxygen atoms in total. The third-order valence-corrected chi connectivity index (χ3v) is 2.83. The standard InChI is InChI=1S/C12H19FN2O/c1-4-11(16-3)12(15-14)10-7-9(13)6-5-8(10)2/h5-7,11-12,15H,4,14H2,1-3H3. The smallest absolute Gasteiger partial charge is 0.123 e. The van der Waals surface area contributed by atoms with Crippen LogP contribution in [0.25, 0.3) is 0 Å². The van der Waals surface area contributed by atoms with Gasteiger partial charge in [-0.15, -0.1) is 0 Å². The fourth-order valence-corrected chi connectivity index (χ4v) is 1.88. The van der Waals surface area contributed by atoms with Gasteiger partial charge in [0.25, 0.3) is 0 Å². The summed E-state index contributed by atoms with van der Waals surface area (Å²) < 4.78 is 18.5. The van der Waals surface area contributed by atoms with Crippen LogP contribution in [0.5, 0.6) is 0 Å². The lowest BCUT2D eigenvalue weighted by molar-refractivity contribution is 0.0648. The summed E-state index contributed by atoms with van der Waals surface area (Å²) in [5, 5.41) is 0. The topological polar surface area (TPSA) is 47.3 Å². The van der Waals surface area contributed by atoms with Crippen molar-refractivity contribution in [2.45, 2.75) is 32.4 Å². The van der Waals surface area contributed by atoms with Crippen LogP contribution in [-0.2, 0) is 4.74 Å². The molecule has 2 atom stereocenters. The lowest BCUT2D eigenvalue weighted by atomic mass is 9.96. The van der Waals surface area contributed by atoms with Crippen LogP contribution in [0.4, 0.5) is 4.39 Å². The first-order valence-corrected chi connectivity index (χ1v) is 5.39. The third-order valence-electron chi connectivity index (χ3n) is 2.83. The highest BCUT2D eigenvalue weighted by Gasteiger charge is 2.22. The summed E-state index contributed by atoms with van der Waals surface area (Å²) in [7, 11) is 1.63. The zero-order chi connectivity index (χ0) is 12.1. The lowest BCUT2D eigenvalue weighted by Crippen LogP contribution is -2.37. The van der Waals surface area contributed by atoms with Crippen molar-refractivity contribution in [3.05, 3.63) is 35.1 Å². The molecule has 1 rings (SSSR count). The fraction of sp³-hybridized carbons (Fsp3) is 0.500. The molecule has 0 bridgehead atoms. The van der Waals surface area contributed by atoms with E-state index >= 15 is 0 Å². The molecule has 90 valence electrons. The van der Waals surface area contributed by atoms with E-state index < -0.39 is 0 Å². The Morgan fingerprint density at radius 3 is 2.69 bits per heavy atom. The van der Waals surface area contributed by atoms with Crippen LogP contribution >= 0.6 is 0 Å². The van der Waals surface area contributed by atoms with Crippen molar-refractivity contribution < 1.29 is 9.13 Å². The van der Waals surface area contributed by atoms with Gasteiger partial charge in [-0.3, -0.25) is 11.3 Å². The Balaban J connectivity index is 3.06. The minimum absolute atomic E-state index is 0.0644. The van der Waals surface area contributed by atoms with E-state index in [-0.39, 0.29) is 18.0 Å². The predicted molar refractivity (Wildman–Crippen MR) is 62.3 cm³/mol. The summed E-state index contributed by atoms with van der Waals surface area (Å²) in [5.41, 5.74) is 4.54. The first-order chi connectivity index (χ1) is 7.63. The Morgan fingerprint density at radius 1 is 1.50 bits per heavy atom. The van der Waals surface area contributed by atoms with Crippen LogP contribution < -0.4 is 11.3 Å². The maximum atomic E-state index is 13.2. The number of ether oxygens (including phenoxy) is 1. The van der Waals surface area contributed by atoms with E-state index in [0.29, 0.717) is 0 Å². The normalized spacial score (nSPS) is 14.8. The molecule has 0 saturated heterocycles. The van der Waals surface area contributed by atoms with E-state index in [2.05, 4.69) is 5.43 Å². The summed E-state index contributed by atoms with van der Waals surface area (Å²) in [6.07, 6.45) is 0.743. The first-order valence-electron chi connectivity index (χ1n) is 5.39. The molecule has 16 heavy (non-hydrogen) atoms. The van der Waals surface area contributed by atoms with Gasteiger partial charge in [-0.1, -0.05) is 13.0 Å². The molecule has 0 saturated carbocycles. The summed E-state index contributed by atoms with van der Waals surface area (Å²) in [5.74, 6) is 5.27. The van der Waals surface area contributed by atoms with Gasteiger partial charge in [0, 0.05) is 7.11 Å². The highest BCUT2D eigenvalue weighted by molar-refractivity contribution is 5.30. The second-order valence-electron chi connectivity index (χ2n) is 3.83. The number of hydrogen-bond donors (Lipinski definition) is 2. The van der Waals surface area contributed by atoms with Crippen molar-refractivity contribution in [2.75, 3.05) is 7.11 Å². The van der Waals surface area contributed by atoms with Gasteiger partial charge in [-0.25, -0.2) is 4.39 Å². The SMILES string of the molecule is CCC(OC)C(NN)c1cc(F)ccc1C. The van der Waals surface area contributed by atoms with Crippen molar-refractivity contribution in [1.29, 1.82) is 0 Å². The molecule has 0 amide bonds. The average molecular weight is 226 g/mol. The fourth-order valence-electron chi connectivity index (χ4n) is 1.88. The molecule has 1 aromatic carbocycles. The van der Waals surface area contributed by atoms with Crippen LogP contribution in [0.15, 0.2) is 18.2 Å². The number of hydrogen-bond acceptors (Lipinski definition) is 3. The number of hydrazine groups is 1. The van der Waals surface area contributed by atoms with E-state index in [4.69, 9.17) is 10.6 Å². The van der Waals surface area contributed by atoms with Crippen molar-refractivity contribution in [2.24, 2.45) is 5.84 Å². The molecule has 2 unspecified atom stereocenters. The Morgan fingerprint density at radius 2 is 2.19 bits per heavy atom. The van der Waals surface area contributed by atoms with Gasteiger partial charge in [-0.05, 0) is 36.6 Å². The summed E-state index contributed by atoms with van der Waals surface area (Å²) in [4.78, 5) is 0. The summed E-state index contributed by atoms with van der Waals surface area (Å²) in [6, 6.07) is 4.50. The molecule has 0 aliphatic heterocycles. The third kappa shape index (κ3) is 2.78. The van der Waals surface area contributed by atoms with Gasteiger partial charge >= 0.3 is 0 Å². The number of methoxy groups -OCH3 is 1. The number of aryl methyl sites for hydroxylation is 1. The van der Waals surface area contributed by atoms with E-state index in [1.807, 2.05) is 13.8 Å². The second-order valence-corrected chi connectivity index (χ2v) is 3.83. The highest BCUT2D eigenvalue weighted by atomic mass is 19.1. The van der Waals surface area contributed by atoms with Crippen LogP contribution in [0.1, 0.15) is 30.5 Å². The molecule has 1 aromatic rings. The lowest BCUT2D eigenvalue weighted by Gasteiger charge is -2.26. The van der Waals surface area contributed by atoms with E-state index in [0.717, 1.165) is 17.5 Å². The molecule has 0 spiro atoms. The summed E-state index contributed by atoms with van der Waals surface area (Å²) >= 11 is 0. The molecule has 0 aliphatic carbocycles. The van der Waals surface area contributed by atoms with Crippen LogP contribution in [0, 0.1) is 12.7 Å². The molecule has 0 fully saturated rings. The van der Waals surface area contributed by atoms with Crippen molar-refractivity contribution in [1.82, 2.24) is 5.43 Å². The van der Waals surface area contributed by atoms with Crippen LogP contribution in [0.3, 0.4) is 0 Å². The maximum Gasteiger partial charge on any atom is 0.123 e. The highest BCUT2D eigenvalue weighted by Crippen LogP contribution is 2.24. The van der Waals surface area contributed by atoms with Crippen LogP contribution in [-0.4, -0.2) is 13.2 Å². The van der Waals surface area contributed by atoms with E-state index in [9.17, 15) is 4.39 Å². The number of benzene rings is 1. The zero-order valence-electron chi connectivity index (χ0n) is 9.96. The van der Waals surface area contributed by atoms with E-state index in [1.165, 1.54) is 12.1 Å². The Bertz CT molecular complexity index is 340. The molecule has 3 N–H and O–H groups in total. The number of nitrogens with one attached hydrogen (secondary N) is 1. The largest absolute Gasteiger partial charge is 0.379 e. The molecular formula is C12H19FN2O. The Labute approximate surface area is 95.8 Å². The van der Waals surface area contributed by atoms with Gasteiger partial charge in [-0.2, -0.15) is 0 Å². The van der Waals surface area contributed by atoms with Gasteiger partial charge in [0.2, 0.25) is 0 Å². The Hall–Kier alpha value is -0.970. The van der Waals surface area contributed by atoms with Crippen LogP contribution in [0.2, 0.25) is 0 Å². The predicted octanol–water partition coefficient (Wildman–Crippen LogP) is 2.06. The minimum atomic E-state index is -0.258. The van der Waals surface area contributed by atoms with E-state index in [1.54, 1.807) is 13.2 Å². The Kier molecular flexibility index (Phi) is 4.86. The van der Waals surface area contributed by atoms with Crippen molar-refractivity contribution in [3.8, 4) is 0 Å². The molecule has 0 aromatic heterocycles. The van der Waals surface area contributed by atoms with Gasteiger partial charge in [0.15, 0.2) is 0 Å².